The summed E-state index contributed by atoms with van der Waals surface area (Å²) in [7, 11) is 0. The van der Waals surface area contributed by atoms with Crippen LogP contribution in [-0.4, -0.2) is 68.7 Å². The first kappa shape index (κ1) is 22.0. The lowest BCUT2D eigenvalue weighted by atomic mass is 10.2. The van der Waals surface area contributed by atoms with Gasteiger partial charge < -0.3 is 9.80 Å². The van der Waals surface area contributed by atoms with Gasteiger partial charge in [0, 0.05) is 38.9 Å². The Labute approximate surface area is 191 Å². The van der Waals surface area contributed by atoms with Crippen LogP contribution in [0.15, 0.2) is 34.1 Å². The number of hydrogen-bond donors (Lipinski definition) is 0. The maximum absolute atomic E-state index is 13.4. The molecule has 2 aromatic heterocycles. The number of thioether (sulfide) groups is 1. The first-order valence-electron chi connectivity index (χ1n) is 10.8. The van der Waals surface area contributed by atoms with Crippen molar-refractivity contribution in [2.45, 2.75) is 26.7 Å². The van der Waals surface area contributed by atoms with Crippen LogP contribution in [0.3, 0.4) is 0 Å². The van der Waals surface area contributed by atoms with Crippen molar-refractivity contribution in [1.29, 1.82) is 0 Å². The Kier molecular flexibility index (Phi) is 6.74. The third kappa shape index (κ3) is 4.40. The molecule has 2 aliphatic rings. The van der Waals surface area contributed by atoms with E-state index >= 15 is 0 Å². The Morgan fingerprint density at radius 3 is 2.65 bits per heavy atom. The summed E-state index contributed by atoms with van der Waals surface area (Å²) in [6, 6.07) is 5.52. The Balaban J connectivity index is 1.77. The van der Waals surface area contributed by atoms with Crippen LogP contribution < -0.4 is 10.5 Å². The molecule has 4 rings (SSSR count). The molecule has 1 amide bonds. The molecule has 0 saturated carbocycles. The van der Waals surface area contributed by atoms with Gasteiger partial charge in [-0.25, -0.2) is 4.98 Å². The number of hydrogen-bond acceptors (Lipinski definition) is 7. The second-order valence-electron chi connectivity index (χ2n) is 7.69. The molecule has 0 aliphatic carbocycles. The van der Waals surface area contributed by atoms with Crippen molar-refractivity contribution in [1.82, 2.24) is 19.2 Å². The summed E-state index contributed by atoms with van der Waals surface area (Å²) in [5.74, 6) is 0.522. The number of fused-ring (bicyclic) bond motifs is 1. The van der Waals surface area contributed by atoms with E-state index in [1.807, 2.05) is 18.2 Å². The quantitative estimate of drug-likeness (QED) is 0.488. The molecule has 2 aromatic rings. The van der Waals surface area contributed by atoms with Gasteiger partial charge in [0.05, 0.1) is 10.5 Å². The number of likely N-dealkylation sites (N-methyl/N-ethyl adjacent to an activating group) is 1. The van der Waals surface area contributed by atoms with Crippen LogP contribution in [0.4, 0.5) is 5.82 Å². The minimum absolute atomic E-state index is 0.122. The molecule has 0 aromatic carbocycles. The largest absolute Gasteiger partial charge is 0.353 e. The summed E-state index contributed by atoms with van der Waals surface area (Å²) in [6.45, 7) is 9.29. The number of aromatic nitrogens is 2. The van der Waals surface area contributed by atoms with Gasteiger partial charge in [-0.15, -0.1) is 0 Å². The van der Waals surface area contributed by atoms with Crippen molar-refractivity contribution in [2.75, 3.05) is 44.2 Å². The molecule has 0 radical (unpaired) electrons. The minimum atomic E-state index is -0.169. The van der Waals surface area contributed by atoms with E-state index in [4.69, 9.17) is 17.2 Å². The number of carbonyl (C=O) groups excluding carboxylic acids is 1. The van der Waals surface area contributed by atoms with Crippen LogP contribution in [0.2, 0.25) is 0 Å². The highest BCUT2D eigenvalue weighted by atomic mass is 32.2. The van der Waals surface area contributed by atoms with Gasteiger partial charge >= 0.3 is 0 Å². The van der Waals surface area contributed by atoms with Crippen molar-refractivity contribution < 1.29 is 4.79 Å². The van der Waals surface area contributed by atoms with Gasteiger partial charge in [-0.2, -0.15) is 0 Å². The third-order valence-electron chi connectivity index (χ3n) is 5.75. The van der Waals surface area contributed by atoms with Gasteiger partial charge in [-0.05, 0) is 31.2 Å². The van der Waals surface area contributed by atoms with Crippen LogP contribution in [0.5, 0.6) is 0 Å². The molecule has 4 heterocycles. The highest BCUT2D eigenvalue weighted by molar-refractivity contribution is 8.26. The van der Waals surface area contributed by atoms with Crippen molar-refractivity contribution in [3.8, 4) is 0 Å². The number of piperazine rings is 1. The monoisotopic (exact) mass is 457 g/mol. The maximum atomic E-state index is 13.4. The Hall–Kier alpha value is -2.23. The number of pyridine rings is 1. The van der Waals surface area contributed by atoms with E-state index in [2.05, 4.69) is 23.6 Å². The molecule has 0 N–H and O–H groups in total. The van der Waals surface area contributed by atoms with Crippen LogP contribution in [0, 0.1) is 0 Å². The van der Waals surface area contributed by atoms with E-state index in [0.29, 0.717) is 32.8 Å². The van der Waals surface area contributed by atoms with Crippen LogP contribution in [0.25, 0.3) is 11.7 Å². The Morgan fingerprint density at radius 1 is 1.16 bits per heavy atom. The first-order valence-corrected chi connectivity index (χ1v) is 12.0. The number of thiocarbonyl (C=S) groups is 1. The normalized spacial score (nSPS) is 19.2. The second-order valence-corrected chi connectivity index (χ2v) is 9.37. The lowest BCUT2D eigenvalue weighted by Gasteiger charge is -2.35. The van der Waals surface area contributed by atoms with Gasteiger partial charge in [0.15, 0.2) is 0 Å². The van der Waals surface area contributed by atoms with E-state index in [1.54, 1.807) is 17.2 Å². The smallest absolute Gasteiger partial charge is 0.267 e. The van der Waals surface area contributed by atoms with Gasteiger partial charge in [0.25, 0.3) is 11.5 Å². The summed E-state index contributed by atoms with van der Waals surface area (Å²) in [5.41, 5.74) is 0.884. The molecule has 0 spiro atoms. The zero-order chi connectivity index (χ0) is 22.0. The van der Waals surface area contributed by atoms with E-state index in [1.165, 1.54) is 16.2 Å². The number of unbranched alkanes of at least 4 members (excludes halogenated alkanes) is 1. The van der Waals surface area contributed by atoms with E-state index < -0.39 is 0 Å². The minimum Gasteiger partial charge on any atom is -0.353 e. The topological polar surface area (TPSA) is 61.2 Å². The average molecular weight is 458 g/mol. The molecular weight excluding hydrogens is 430 g/mol. The zero-order valence-electron chi connectivity index (χ0n) is 17.9. The lowest BCUT2D eigenvalue weighted by molar-refractivity contribution is -0.122. The lowest BCUT2D eigenvalue weighted by Crippen LogP contribution is -2.47. The van der Waals surface area contributed by atoms with Crippen LogP contribution in [-0.2, 0) is 4.79 Å². The molecule has 164 valence electrons. The average Bonchev–Trinajstić information content (AvgIpc) is 3.06. The van der Waals surface area contributed by atoms with E-state index in [0.717, 1.165) is 45.6 Å². The van der Waals surface area contributed by atoms with Gasteiger partial charge in [-0.3, -0.25) is 18.9 Å². The standard InChI is InChI=1S/C22H27N5O2S2/c1-3-5-9-27-21(29)17(31-22(27)30)15-16-19(25-13-11-24(4-2)12-14-25)23-18-8-6-7-10-26(18)20(16)28/h6-8,10,15H,3-5,9,11-14H2,1-2H3. The number of amides is 1. The summed E-state index contributed by atoms with van der Waals surface area (Å²) < 4.78 is 2.09. The van der Waals surface area contributed by atoms with Crippen LogP contribution >= 0.6 is 24.0 Å². The fourth-order valence-corrected chi connectivity index (χ4v) is 5.16. The van der Waals surface area contributed by atoms with Gasteiger partial charge in [0.2, 0.25) is 0 Å². The highest BCUT2D eigenvalue weighted by Gasteiger charge is 2.32. The number of rotatable bonds is 6. The Bertz CT molecular complexity index is 1090. The predicted molar refractivity (Wildman–Crippen MR) is 131 cm³/mol. The molecule has 7 nitrogen and oxygen atoms in total. The number of carbonyl (C=O) groups is 1. The first-order chi connectivity index (χ1) is 15.0. The van der Waals surface area contributed by atoms with Crippen molar-refractivity contribution >= 4 is 51.7 Å². The fraction of sp³-hybridized carbons (Fsp3) is 0.455. The molecule has 2 aliphatic heterocycles. The second kappa shape index (κ2) is 9.50. The molecule has 2 saturated heterocycles. The maximum Gasteiger partial charge on any atom is 0.267 e. The Morgan fingerprint density at radius 2 is 1.94 bits per heavy atom. The molecule has 31 heavy (non-hydrogen) atoms. The molecule has 2 fully saturated rings. The zero-order valence-corrected chi connectivity index (χ0v) is 19.5. The highest BCUT2D eigenvalue weighted by Crippen LogP contribution is 2.33. The summed E-state index contributed by atoms with van der Waals surface area (Å²) in [4.78, 5) is 37.9. The summed E-state index contributed by atoms with van der Waals surface area (Å²) >= 11 is 6.70. The van der Waals surface area contributed by atoms with Gasteiger partial charge in [-0.1, -0.05) is 50.3 Å². The molecule has 9 heteroatoms. The molecular formula is C22H27N5O2S2. The SMILES string of the molecule is CCCCN1C(=O)C(=Cc2c(N3CCN(CC)CC3)nc3ccccn3c2=O)SC1=S. The van der Waals surface area contributed by atoms with E-state index in [-0.39, 0.29) is 11.5 Å². The number of anilines is 1. The molecule has 0 unspecified atom stereocenters. The summed E-state index contributed by atoms with van der Waals surface area (Å²) in [6.07, 6.45) is 5.29. The summed E-state index contributed by atoms with van der Waals surface area (Å²) in [5, 5.41) is 0. The number of nitrogens with zero attached hydrogens (tertiary/aromatic N) is 5. The third-order valence-corrected chi connectivity index (χ3v) is 7.13. The predicted octanol–water partition coefficient (Wildman–Crippen LogP) is 2.84. The van der Waals surface area contributed by atoms with Crippen molar-refractivity contribution in [3.63, 3.8) is 0 Å². The fourth-order valence-electron chi connectivity index (χ4n) is 3.87. The van der Waals surface area contributed by atoms with Gasteiger partial charge in [0.1, 0.15) is 15.8 Å². The van der Waals surface area contributed by atoms with Crippen molar-refractivity contribution in [3.05, 3.63) is 45.2 Å². The molecule has 0 bridgehead atoms. The van der Waals surface area contributed by atoms with E-state index in [9.17, 15) is 9.59 Å². The van der Waals surface area contributed by atoms with Crippen LogP contribution in [0.1, 0.15) is 32.3 Å². The van der Waals surface area contributed by atoms with Crippen molar-refractivity contribution in [2.24, 2.45) is 0 Å². The molecule has 0 atom stereocenters.